The molecule has 6 nitrogen and oxygen atoms in total. The summed E-state index contributed by atoms with van der Waals surface area (Å²) in [4.78, 5) is 2.29. The van der Waals surface area contributed by atoms with Crippen LogP contribution in [0.5, 0.6) is 0 Å². The zero-order chi connectivity index (χ0) is 11.7. The van der Waals surface area contributed by atoms with E-state index in [1.807, 2.05) is 6.07 Å². The van der Waals surface area contributed by atoms with E-state index in [0.717, 1.165) is 43.3 Å². The van der Waals surface area contributed by atoms with E-state index < -0.39 is 0 Å². The van der Waals surface area contributed by atoms with E-state index in [1.54, 1.807) is 12.6 Å². The third kappa shape index (κ3) is 2.09. The molecule has 0 atom stereocenters. The fourth-order valence-corrected chi connectivity index (χ4v) is 2.09. The van der Waals surface area contributed by atoms with Crippen LogP contribution in [0, 0.1) is 0 Å². The number of nitrogens with zero attached hydrogens (tertiary/aromatic N) is 4. The summed E-state index contributed by atoms with van der Waals surface area (Å²) < 4.78 is 7.55. The number of hydrogen-bond donors (Lipinski definition) is 1. The van der Waals surface area contributed by atoms with Crippen LogP contribution in [0.4, 0.5) is 0 Å². The number of fused-ring (bicyclic) bond motifs is 1. The monoisotopic (exact) mass is 233 g/mol. The maximum atomic E-state index is 5.55. The number of furan rings is 1. The first-order valence-corrected chi connectivity index (χ1v) is 5.70. The molecule has 2 aromatic heterocycles. The van der Waals surface area contributed by atoms with Gasteiger partial charge in [0.25, 0.3) is 0 Å². The summed E-state index contributed by atoms with van der Waals surface area (Å²) in [5, 5.41) is 8.00. The van der Waals surface area contributed by atoms with Crippen LogP contribution in [0.2, 0.25) is 0 Å². The third-order valence-electron chi connectivity index (χ3n) is 3.04. The fourth-order valence-electron chi connectivity index (χ4n) is 2.09. The van der Waals surface area contributed by atoms with Gasteiger partial charge in [-0.3, -0.25) is 4.90 Å². The summed E-state index contributed by atoms with van der Waals surface area (Å²) >= 11 is 0. The van der Waals surface area contributed by atoms with Crippen LogP contribution in [-0.4, -0.2) is 26.2 Å². The number of nitrogens with two attached hydrogens (primary N) is 1. The predicted molar refractivity (Wildman–Crippen MR) is 60.7 cm³/mol. The lowest BCUT2D eigenvalue weighted by molar-refractivity contribution is 0.194. The fraction of sp³-hybridized carbons (Fsp3) is 0.455. The summed E-state index contributed by atoms with van der Waals surface area (Å²) in [5.41, 5.74) is 6.59. The molecule has 0 bridgehead atoms. The Morgan fingerprint density at radius 1 is 1.41 bits per heavy atom. The molecule has 0 spiro atoms. The lowest BCUT2D eigenvalue weighted by atomic mass is 10.3. The summed E-state index contributed by atoms with van der Waals surface area (Å²) in [5.74, 6) is 1.97. The third-order valence-corrected chi connectivity index (χ3v) is 3.04. The minimum absolute atomic E-state index is 0.526. The van der Waals surface area contributed by atoms with Crippen molar-refractivity contribution in [3.8, 4) is 0 Å². The van der Waals surface area contributed by atoms with Crippen molar-refractivity contribution >= 4 is 0 Å². The van der Waals surface area contributed by atoms with Crippen molar-refractivity contribution in [1.82, 2.24) is 19.7 Å². The lowest BCUT2D eigenvalue weighted by Gasteiger charge is -2.25. The first kappa shape index (κ1) is 10.5. The molecule has 0 unspecified atom stereocenters. The Hall–Kier alpha value is -1.66. The first-order chi connectivity index (χ1) is 8.35. The Kier molecular flexibility index (Phi) is 2.66. The minimum atomic E-state index is 0.526. The van der Waals surface area contributed by atoms with Crippen molar-refractivity contribution in [1.29, 1.82) is 0 Å². The van der Waals surface area contributed by atoms with E-state index in [0.29, 0.717) is 6.54 Å². The van der Waals surface area contributed by atoms with Crippen LogP contribution in [-0.2, 0) is 26.2 Å². The highest BCUT2D eigenvalue weighted by Gasteiger charge is 2.18. The van der Waals surface area contributed by atoms with Crippen LogP contribution in [0.1, 0.15) is 17.1 Å². The summed E-state index contributed by atoms with van der Waals surface area (Å²) in [6.45, 7) is 4.07. The summed E-state index contributed by atoms with van der Waals surface area (Å²) in [7, 11) is 0. The van der Waals surface area contributed by atoms with E-state index in [-0.39, 0.29) is 0 Å². The molecule has 0 aliphatic carbocycles. The Morgan fingerprint density at radius 2 is 2.35 bits per heavy atom. The quantitative estimate of drug-likeness (QED) is 0.828. The Morgan fingerprint density at radius 3 is 3.18 bits per heavy atom. The van der Waals surface area contributed by atoms with Crippen molar-refractivity contribution in [3.63, 3.8) is 0 Å². The highest BCUT2D eigenvalue weighted by molar-refractivity contribution is 5.12. The van der Waals surface area contributed by atoms with Gasteiger partial charge in [0, 0.05) is 25.2 Å². The van der Waals surface area contributed by atoms with Gasteiger partial charge in [-0.05, 0) is 6.07 Å². The standard InChI is InChI=1S/C11H15N5O/c12-4-9-3-10(17-7-9)5-15-1-2-16-8-13-14-11(16)6-15/h3,7-8H,1-2,4-6,12H2. The van der Waals surface area contributed by atoms with Gasteiger partial charge in [0.2, 0.25) is 0 Å². The number of aromatic nitrogens is 3. The molecule has 1 aliphatic heterocycles. The van der Waals surface area contributed by atoms with Gasteiger partial charge in [0.1, 0.15) is 17.9 Å². The van der Waals surface area contributed by atoms with Crippen molar-refractivity contribution in [2.45, 2.75) is 26.2 Å². The molecular formula is C11H15N5O. The van der Waals surface area contributed by atoms with Crippen molar-refractivity contribution in [2.24, 2.45) is 5.73 Å². The largest absolute Gasteiger partial charge is 0.468 e. The molecular weight excluding hydrogens is 218 g/mol. The minimum Gasteiger partial charge on any atom is -0.468 e. The van der Waals surface area contributed by atoms with Crippen molar-refractivity contribution in [3.05, 3.63) is 35.8 Å². The van der Waals surface area contributed by atoms with Gasteiger partial charge in [-0.25, -0.2) is 0 Å². The molecule has 0 saturated heterocycles. The Balaban J connectivity index is 1.67. The smallest absolute Gasteiger partial charge is 0.147 e. The van der Waals surface area contributed by atoms with Gasteiger partial charge < -0.3 is 14.7 Å². The van der Waals surface area contributed by atoms with Crippen LogP contribution in [0.3, 0.4) is 0 Å². The van der Waals surface area contributed by atoms with Gasteiger partial charge in [0.15, 0.2) is 0 Å². The molecule has 3 heterocycles. The topological polar surface area (TPSA) is 73.1 Å². The van der Waals surface area contributed by atoms with Gasteiger partial charge in [0.05, 0.1) is 19.4 Å². The molecule has 0 radical (unpaired) electrons. The maximum absolute atomic E-state index is 5.55. The SMILES string of the molecule is NCc1coc(CN2CCn3cnnc3C2)c1. The molecule has 0 aromatic carbocycles. The van der Waals surface area contributed by atoms with E-state index in [9.17, 15) is 0 Å². The average Bonchev–Trinajstić information content (AvgIpc) is 2.96. The molecule has 0 amide bonds. The second-order valence-corrected chi connectivity index (χ2v) is 4.28. The normalized spacial score (nSPS) is 16.1. The maximum Gasteiger partial charge on any atom is 0.147 e. The first-order valence-electron chi connectivity index (χ1n) is 5.70. The van der Waals surface area contributed by atoms with Crippen molar-refractivity contribution < 1.29 is 4.42 Å². The number of hydrogen-bond acceptors (Lipinski definition) is 5. The highest BCUT2D eigenvalue weighted by atomic mass is 16.3. The van der Waals surface area contributed by atoms with Gasteiger partial charge in [-0.2, -0.15) is 0 Å². The van der Waals surface area contributed by atoms with Gasteiger partial charge >= 0.3 is 0 Å². The zero-order valence-corrected chi connectivity index (χ0v) is 9.54. The molecule has 17 heavy (non-hydrogen) atoms. The van der Waals surface area contributed by atoms with E-state index in [2.05, 4.69) is 19.7 Å². The molecule has 90 valence electrons. The Bertz CT molecular complexity index is 503. The molecule has 2 N–H and O–H groups in total. The van der Waals surface area contributed by atoms with Crippen LogP contribution in [0.15, 0.2) is 23.1 Å². The van der Waals surface area contributed by atoms with E-state index in [4.69, 9.17) is 10.2 Å². The van der Waals surface area contributed by atoms with Gasteiger partial charge in [-0.1, -0.05) is 0 Å². The summed E-state index contributed by atoms with van der Waals surface area (Å²) in [6.07, 6.45) is 3.51. The molecule has 0 saturated carbocycles. The van der Waals surface area contributed by atoms with Crippen LogP contribution in [0.25, 0.3) is 0 Å². The molecule has 3 rings (SSSR count). The van der Waals surface area contributed by atoms with E-state index >= 15 is 0 Å². The highest BCUT2D eigenvalue weighted by Crippen LogP contribution is 2.15. The molecule has 0 fully saturated rings. The molecule has 2 aromatic rings. The van der Waals surface area contributed by atoms with Crippen LogP contribution < -0.4 is 5.73 Å². The van der Waals surface area contributed by atoms with Gasteiger partial charge in [-0.15, -0.1) is 10.2 Å². The zero-order valence-electron chi connectivity index (χ0n) is 9.54. The second kappa shape index (κ2) is 4.31. The molecule has 1 aliphatic rings. The predicted octanol–water partition coefficient (Wildman–Crippen LogP) is 0.346. The van der Waals surface area contributed by atoms with E-state index in [1.165, 1.54) is 0 Å². The lowest BCUT2D eigenvalue weighted by Crippen LogP contribution is -2.33. The average molecular weight is 233 g/mol. The Labute approximate surface area is 99.0 Å². The van der Waals surface area contributed by atoms with Crippen molar-refractivity contribution in [2.75, 3.05) is 6.54 Å². The molecule has 6 heteroatoms. The second-order valence-electron chi connectivity index (χ2n) is 4.28. The summed E-state index contributed by atoms with van der Waals surface area (Å²) in [6, 6.07) is 2.01. The number of rotatable bonds is 3. The van der Waals surface area contributed by atoms with Crippen LogP contribution >= 0.6 is 0 Å².